The van der Waals surface area contributed by atoms with Crippen molar-refractivity contribution in [2.45, 2.75) is 26.3 Å². The molecule has 1 aromatic rings. The minimum absolute atomic E-state index is 0.0228. The van der Waals surface area contributed by atoms with Gasteiger partial charge in [0.2, 0.25) is 11.8 Å². The molecule has 0 aromatic carbocycles. The summed E-state index contributed by atoms with van der Waals surface area (Å²) in [6.07, 6.45) is 2.80. The fourth-order valence-electron chi connectivity index (χ4n) is 2.76. The maximum absolute atomic E-state index is 12.4. The fraction of sp³-hybridized carbons (Fsp3) is 0.500. The number of carbonyl (C=O) groups excluding carboxylic acids is 1. The third-order valence-corrected chi connectivity index (χ3v) is 3.89. The van der Waals surface area contributed by atoms with E-state index in [2.05, 4.69) is 15.5 Å². The van der Waals surface area contributed by atoms with Crippen molar-refractivity contribution in [2.75, 3.05) is 7.11 Å². The lowest BCUT2D eigenvalue weighted by Crippen LogP contribution is -2.56. The predicted octanol–water partition coefficient (Wildman–Crippen LogP) is 0.869. The molecule has 4 N–H and O–H groups in total. The highest BCUT2D eigenvalue weighted by atomic mass is 16.5. The van der Waals surface area contributed by atoms with Gasteiger partial charge in [0.1, 0.15) is 5.41 Å². The summed E-state index contributed by atoms with van der Waals surface area (Å²) in [4.78, 5) is 16.4. The van der Waals surface area contributed by atoms with Gasteiger partial charge in [0.25, 0.3) is 0 Å². The van der Waals surface area contributed by atoms with Crippen LogP contribution in [0.1, 0.15) is 25.3 Å². The molecule has 1 saturated carbocycles. The number of amidine groups is 1. The van der Waals surface area contributed by atoms with Crippen molar-refractivity contribution in [1.29, 1.82) is 0 Å². The zero-order chi connectivity index (χ0) is 15.5. The first-order chi connectivity index (χ1) is 10.0. The molecule has 0 unspecified atom stereocenters. The molecule has 1 fully saturated rings. The molecule has 114 valence electrons. The molecule has 7 heteroatoms. The van der Waals surface area contributed by atoms with E-state index in [-0.39, 0.29) is 11.7 Å². The summed E-state index contributed by atoms with van der Waals surface area (Å²) in [6.45, 7) is 2.37. The summed E-state index contributed by atoms with van der Waals surface area (Å²) in [5, 5.41) is 14.7. The smallest absolute Gasteiger partial charge is 0.234 e. The van der Waals surface area contributed by atoms with Crippen molar-refractivity contribution in [3.63, 3.8) is 0 Å². The first kappa shape index (κ1) is 15.1. The summed E-state index contributed by atoms with van der Waals surface area (Å²) >= 11 is 0. The van der Waals surface area contributed by atoms with Gasteiger partial charge in [0.05, 0.1) is 7.11 Å². The molecule has 0 radical (unpaired) electrons. The van der Waals surface area contributed by atoms with E-state index in [1.807, 2.05) is 6.92 Å². The zero-order valence-corrected chi connectivity index (χ0v) is 12.2. The maximum atomic E-state index is 12.4. The Morgan fingerprint density at radius 3 is 2.95 bits per heavy atom. The molecule has 0 bridgehead atoms. The van der Waals surface area contributed by atoms with E-state index < -0.39 is 5.41 Å². The number of carbonyl (C=O) groups is 1. The SMILES string of the molecule is COc1cc(CNC(=O)C2(/C(N)=N/O)CC(C)C2)ccn1. The lowest BCUT2D eigenvalue weighted by Gasteiger charge is -2.43. The van der Waals surface area contributed by atoms with Crippen molar-refractivity contribution in [3.8, 4) is 5.88 Å². The van der Waals surface area contributed by atoms with Crippen LogP contribution in [0.15, 0.2) is 23.5 Å². The van der Waals surface area contributed by atoms with Gasteiger partial charge in [0.15, 0.2) is 5.84 Å². The highest BCUT2D eigenvalue weighted by molar-refractivity contribution is 6.07. The molecule has 2 rings (SSSR count). The fourth-order valence-corrected chi connectivity index (χ4v) is 2.76. The number of ether oxygens (including phenoxy) is 1. The van der Waals surface area contributed by atoms with Crippen LogP contribution < -0.4 is 15.8 Å². The van der Waals surface area contributed by atoms with Crippen LogP contribution >= 0.6 is 0 Å². The van der Waals surface area contributed by atoms with Crippen LogP contribution in [0.5, 0.6) is 5.88 Å². The van der Waals surface area contributed by atoms with Gasteiger partial charge in [-0.25, -0.2) is 4.98 Å². The maximum Gasteiger partial charge on any atom is 0.234 e. The van der Waals surface area contributed by atoms with E-state index in [0.29, 0.717) is 31.2 Å². The Morgan fingerprint density at radius 1 is 1.67 bits per heavy atom. The second-order valence-electron chi connectivity index (χ2n) is 5.47. The molecular weight excluding hydrogens is 272 g/mol. The van der Waals surface area contributed by atoms with Gasteiger partial charge < -0.3 is 21.0 Å². The highest BCUT2D eigenvalue weighted by Crippen LogP contribution is 2.45. The molecule has 0 spiro atoms. The summed E-state index contributed by atoms with van der Waals surface area (Å²) < 4.78 is 5.03. The Hall–Kier alpha value is -2.31. The quantitative estimate of drug-likeness (QED) is 0.323. The van der Waals surface area contributed by atoms with Crippen molar-refractivity contribution in [2.24, 2.45) is 22.2 Å². The van der Waals surface area contributed by atoms with Crippen LogP contribution in [0.25, 0.3) is 0 Å². The average molecular weight is 292 g/mol. The number of amides is 1. The Morgan fingerprint density at radius 2 is 2.38 bits per heavy atom. The molecule has 1 aromatic heterocycles. The Balaban J connectivity index is 2.03. The number of hydrogen-bond acceptors (Lipinski definition) is 5. The number of nitrogens with one attached hydrogen (secondary N) is 1. The number of oxime groups is 1. The number of hydrogen-bond donors (Lipinski definition) is 3. The van der Waals surface area contributed by atoms with Gasteiger partial charge in [-0.15, -0.1) is 0 Å². The lowest BCUT2D eigenvalue weighted by molar-refractivity contribution is -0.133. The van der Waals surface area contributed by atoms with Crippen LogP contribution in [0.2, 0.25) is 0 Å². The Labute approximate surface area is 123 Å². The second kappa shape index (κ2) is 5.99. The Bertz CT molecular complexity index is 553. The molecular formula is C14H20N4O3. The number of aromatic nitrogens is 1. The van der Waals surface area contributed by atoms with Crippen LogP contribution in [0.4, 0.5) is 0 Å². The van der Waals surface area contributed by atoms with Crippen LogP contribution in [-0.2, 0) is 11.3 Å². The van der Waals surface area contributed by atoms with Crippen LogP contribution in [0, 0.1) is 11.3 Å². The summed E-state index contributed by atoms with van der Waals surface area (Å²) in [5.74, 6) is 0.638. The number of rotatable bonds is 5. The third kappa shape index (κ3) is 2.91. The number of nitrogens with two attached hydrogens (primary N) is 1. The molecule has 1 heterocycles. The van der Waals surface area contributed by atoms with Crippen molar-refractivity contribution < 1.29 is 14.7 Å². The highest BCUT2D eigenvalue weighted by Gasteiger charge is 2.52. The van der Waals surface area contributed by atoms with Crippen molar-refractivity contribution in [1.82, 2.24) is 10.3 Å². The number of methoxy groups -OCH3 is 1. The van der Waals surface area contributed by atoms with E-state index >= 15 is 0 Å². The number of nitrogens with zero attached hydrogens (tertiary/aromatic N) is 2. The first-order valence-electron chi connectivity index (χ1n) is 6.77. The molecule has 1 amide bonds. The predicted molar refractivity (Wildman–Crippen MR) is 76.9 cm³/mol. The van der Waals surface area contributed by atoms with Crippen molar-refractivity contribution >= 4 is 11.7 Å². The second-order valence-corrected chi connectivity index (χ2v) is 5.47. The minimum Gasteiger partial charge on any atom is -0.481 e. The van der Waals surface area contributed by atoms with Gasteiger partial charge in [0, 0.05) is 18.8 Å². The largest absolute Gasteiger partial charge is 0.481 e. The van der Waals surface area contributed by atoms with Crippen LogP contribution in [-0.4, -0.2) is 29.0 Å². The first-order valence-corrected chi connectivity index (χ1v) is 6.77. The minimum atomic E-state index is -0.884. The summed E-state index contributed by atoms with van der Waals surface area (Å²) in [5.41, 5.74) is 5.69. The van der Waals surface area contributed by atoms with E-state index in [9.17, 15) is 4.79 Å². The van der Waals surface area contributed by atoms with Gasteiger partial charge in [-0.05, 0) is 30.4 Å². The molecule has 0 aliphatic heterocycles. The van der Waals surface area contributed by atoms with Gasteiger partial charge >= 0.3 is 0 Å². The lowest BCUT2D eigenvalue weighted by atomic mass is 9.61. The van der Waals surface area contributed by atoms with Gasteiger partial charge in [-0.1, -0.05) is 12.1 Å². The number of pyridine rings is 1. The molecule has 1 aliphatic rings. The van der Waals surface area contributed by atoms with Gasteiger partial charge in [-0.3, -0.25) is 4.79 Å². The summed E-state index contributed by atoms with van der Waals surface area (Å²) in [7, 11) is 1.54. The normalized spacial score (nSPS) is 25.0. The summed E-state index contributed by atoms with van der Waals surface area (Å²) in [6, 6.07) is 3.54. The standard InChI is InChI=1S/C14H20N4O3/c1-9-6-14(7-9,12(15)18-20)13(19)17-8-10-3-4-16-11(5-10)21-2/h3-5,9,20H,6-8H2,1-2H3,(H2,15,18)(H,17,19). The monoisotopic (exact) mass is 292 g/mol. The van der Waals surface area contributed by atoms with E-state index in [1.54, 1.807) is 18.3 Å². The Kier molecular flexibility index (Phi) is 4.30. The van der Waals surface area contributed by atoms with Crippen molar-refractivity contribution in [3.05, 3.63) is 23.9 Å². The van der Waals surface area contributed by atoms with Crippen LogP contribution in [0.3, 0.4) is 0 Å². The zero-order valence-electron chi connectivity index (χ0n) is 12.2. The van der Waals surface area contributed by atoms with E-state index in [1.165, 1.54) is 7.11 Å². The third-order valence-electron chi connectivity index (χ3n) is 3.89. The molecule has 7 nitrogen and oxygen atoms in total. The van der Waals surface area contributed by atoms with Gasteiger partial charge in [-0.2, -0.15) is 0 Å². The molecule has 0 atom stereocenters. The molecule has 21 heavy (non-hydrogen) atoms. The topological polar surface area (TPSA) is 110 Å². The van der Waals surface area contributed by atoms with E-state index in [0.717, 1.165) is 5.56 Å². The van der Waals surface area contributed by atoms with E-state index in [4.69, 9.17) is 15.7 Å². The molecule has 0 saturated heterocycles. The molecule has 1 aliphatic carbocycles. The average Bonchev–Trinajstić information content (AvgIpc) is 2.48.